The molecule has 5 nitrogen and oxygen atoms in total. The smallest absolute Gasteiger partial charge is 0.261 e. The number of nitro groups is 1. The van der Waals surface area contributed by atoms with E-state index < -0.39 is 4.92 Å². The molecule has 0 aliphatic heterocycles. The number of rotatable bonds is 3. The largest absolute Gasteiger partial charge is 0.309 e. The van der Waals surface area contributed by atoms with Gasteiger partial charge in [-0.3, -0.25) is 14.8 Å². The van der Waals surface area contributed by atoms with E-state index >= 15 is 0 Å². The number of hydrogen-bond donors (Lipinski definition) is 0. The second-order valence-corrected chi connectivity index (χ2v) is 3.54. The summed E-state index contributed by atoms with van der Waals surface area (Å²) in [6, 6.07) is 9.71. The maximum absolute atomic E-state index is 10.6. The van der Waals surface area contributed by atoms with Crippen LogP contribution in [0.3, 0.4) is 0 Å². The lowest BCUT2D eigenvalue weighted by Crippen LogP contribution is -1.99. The normalized spacial score (nSPS) is 10.3. The van der Waals surface area contributed by atoms with E-state index in [1.807, 2.05) is 30.3 Å². The Hall–Kier alpha value is -2.17. The maximum Gasteiger partial charge on any atom is 0.309 e. The Morgan fingerprint density at radius 1 is 1.38 bits per heavy atom. The molecule has 1 heterocycles. The predicted octanol–water partition coefficient (Wildman–Crippen LogP) is 2.15. The van der Waals surface area contributed by atoms with Crippen LogP contribution in [0.5, 0.6) is 0 Å². The average Bonchev–Trinajstić information content (AvgIpc) is 2.61. The summed E-state index contributed by atoms with van der Waals surface area (Å²) in [6.07, 6.45) is 1.46. The Morgan fingerprint density at radius 3 is 2.62 bits per heavy atom. The van der Waals surface area contributed by atoms with Crippen molar-refractivity contribution in [2.24, 2.45) is 0 Å². The third kappa shape index (κ3) is 2.08. The fourth-order valence-corrected chi connectivity index (χ4v) is 1.54. The maximum atomic E-state index is 10.6. The lowest BCUT2D eigenvalue weighted by molar-refractivity contribution is -0.385. The van der Waals surface area contributed by atoms with Gasteiger partial charge >= 0.3 is 5.69 Å². The molecule has 2 aromatic rings. The third-order valence-corrected chi connectivity index (χ3v) is 2.30. The van der Waals surface area contributed by atoms with Crippen molar-refractivity contribution >= 4 is 5.69 Å². The van der Waals surface area contributed by atoms with Crippen LogP contribution >= 0.6 is 0 Å². The second kappa shape index (κ2) is 4.14. The van der Waals surface area contributed by atoms with Crippen LogP contribution < -0.4 is 0 Å². The van der Waals surface area contributed by atoms with Crippen molar-refractivity contribution in [1.82, 2.24) is 9.78 Å². The molecule has 0 aliphatic carbocycles. The van der Waals surface area contributed by atoms with Crippen LogP contribution in [-0.2, 0) is 6.54 Å². The molecule has 1 aromatic carbocycles. The van der Waals surface area contributed by atoms with E-state index in [9.17, 15) is 10.1 Å². The number of nitrogens with zero attached hydrogens (tertiary/aromatic N) is 3. The number of aryl methyl sites for hydroxylation is 1. The molecule has 0 radical (unpaired) electrons. The van der Waals surface area contributed by atoms with Gasteiger partial charge < -0.3 is 0 Å². The predicted molar refractivity (Wildman–Crippen MR) is 59.2 cm³/mol. The molecule has 82 valence electrons. The van der Waals surface area contributed by atoms with Crippen molar-refractivity contribution < 1.29 is 4.92 Å². The van der Waals surface area contributed by atoms with E-state index in [0.717, 1.165) is 5.56 Å². The van der Waals surface area contributed by atoms with E-state index in [1.54, 1.807) is 11.6 Å². The van der Waals surface area contributed by atoms with Crippen LogP contribution in [0, 0.1) is 17.0 Å². The summed E-state index contributed by atoms with van der Waals surface area (Å²) in [5, 5.41) is 14.7. The van der Waals surface area contributed by atoms with Crippen molar-refractivity contribution in [3.8, 4) is 0 Å². The highest BCUT2D eigenvalue weighted by atomic mass is 16.6. The first-order valence-electron chi connectivity index (χ1n) is 4.89. The van der Waals surface area contributed by atoms with Gasteiger partial charge in [0.1, 0.15) is 11.9 Å². The van der Waals surface area contributed by atoms with Gasteiger partial charge in [-0.15, -0.1) is 0 Å². The Morgan fingerprint density at radius 2 is 2.06 bits per heavy atom. The molecule has 2 rings (SSSR count). The van der Waals surface area contributed by atoms with Gasteiger partial charge in [-0.1, -0.05) is 30.3 Å². The van der Waals surface area contributed by atoms with Crippen molar-refractivity contribution in [2.75, 3.05) is 0 Å². The van der Waals surface area contributed by atoms with Gasteiger partial charge in [0.05, 0.1) is 11.5 Å². The molecule has 5 heteroatoms. The molecule has 0 saturated carbocycles. The minimum atomic E-state index is -0.413. The molecule has 0 unspecified atom stereocenters. The molecule has 0 saturated heterocycles. The van der Waals surface area contributed by atoms with Crippen molar-refractivity contribution in [3.63, 3.8) is 0 Å². The number of hydrogen-bond acceptors (Lipinski definition) is 3. The Bertz CT molecular complexity index is 505. The lowest BCUT2D eigenvalue weighted by Gasteiger charge is -1.99. The summed E-state index contributed by atoms with van der Waals surface area (Å²) >= 11 is 0. The zero-order valence-corrected chi connectivity index (χ0v) is 8.83. The molecular formula is C11H11N3O2. The zero-order valence-electron chi connectivity index (χ0n) is 8.83. The molecule has 16 heavy (non-hydrogen) atoms. The molecule has 0 atom stereocenters. The summed E-state index contributed by atoms with van der Waals surface area (Å²) in [5.74, 6) is 0. The molecule has 0 spiro atoms. The van der Waals surface area contributed by atoms with E-state index in [-0.39, 0.29) is 5.69 Å². The standard InChI is InChI=1S/C11H11N3O2/c1-9-11(14(15)16)8-13(12-9)7-10-5-3-2-4-6-10/h2-6,8H,7H2,1H3. The molecule has 0 fully saturated rings. The zero-order chi connectivity index (χ0) is 11.5. The summed E-state index contributed by atoms with van der Waals surface area (Å²) in [6.45, 7) is 2.19. The minimum Gasteiger partial charge on any atom is -0.261 e. The highest BCUT2D eigenvalue weighted by Gasteiger charge is 2.14. The number of benzene rings is 1. The first-order valence-corrected chi connectivity index (χ1v) is 4.89. The van der Waals surface area contributed by atoms with Crippen LogP contribution in [0.4, 0.5) is 5.69 Å². The quantitative estimate of drug-likeness (QED) is 0.584. The summed E-state index contributed by atoms with van der Waals surface area (Å²) in [4.78, 5) is 10.2. The fourth-order valence-electron chi connectivity index (χ4n) is 1.54. The van der Waals surface area contributed by atoms with Gasteiger partial charge in [-0.25, -0.2) is 0 Å². The summed E-state index contributed by atoms with van der Waals surface area (Å²) in [5.41, 5.74) is 1.58. The molecule has 0 bridgehead atoms. The lowest BCUT2D eigenvalue weighted by atomic mass is 10.2. The molecule has 1 aromatic heterocycles. The third-order valence-electron chi connectivity index (χ3n) is 2.30. The monoisotopic (exact) mass is 217 g/mol. The van der Waals surface area contributed by atoms with Gasteiger partial charge in [0.25, 0.3) is 0 Å². The second-order valence-electron chi connectivity index (χ2n) is 3.54. The fraction of sp³-hybridized carbons (Fsp3) is 0.182. The highest BCUT2D eigenvalue weighted by Crippen LogP contribution is 2.15. The Labute approximate surface area is 92.5 Å². The van der Waals surface area contributed by atoms with E-state index in [0.29, 0.717) is 12.2 Å². The van der Waals surface area contributed by atoms with Gasteiger partial charge in [0.2, 0.25) is 0 Å². The Balaban J connectivity index is 2.23. The number of aromatic nitrogens is 2. The van der Waals surface area contributed by atoms with Gasteiger partial charge in [0.15, 0.2) is 0 Å². The van der Waals surface area contributed by atoms with Crippen LogP contribution in [0.2, 0.25) is 0 Å². The molecular weight excluding hydrogens is 206 g/mol. The van der Waals surface area contributed by atoms with Crippen LogP contribution in [0.1, 0.15) is 11.3 Å². The van der Waals surface area contributed by atoms with Gasteiger partial charge in [-0.2, -0.15) is 5.10 Å². The van der Waals surface area contributed by atoms with E-state index in [4.69, 9.17) is 0 Å². The van der Waals surface area contributed by atoms with Crippen LogP contribution in [-0.4, -0.2) is 14.7 Å². The summed E-state index contributed by atoms with van der Waals surface area (Å²) in [7, 11) is 0. The van der Waals surface area contributed by atoms with Crippen molar-refractivity contribution in [3.05, 3.63) is 57.9 Å². The van der Waals surface area contributed by atoms with Crippen LogP contribution in [0.15, 0.2) is 36.5 Å². The highest BCUT2D eigenvalue weighted by molar-refractivity contribution is 5.31. The molecule has 0 amide bonds. The van der Waals surface area contributed by atoms with E-state index in [1.165, 1.54) is 6.20 Å². The summed E-state index contributed by atoms with van der Waals surface area (Å²) < 4.78 is 1.59. The minimum absolute atomic E-state index is 0.0657. The van der Waals surface area contributed by atoms with E-state index in [2.05, 4.69) is 5.10 Å². The topological polar surface area (TPSA) is 61.0 Å². The Kier molecular flexibility index (Phi) is 2.68. The van der Waals surface area contributed by atoms with Gasteiger partial charge in [-0.05, 0) is 12.5 Å². The van der Waals surface area contributed by atoms with Gasteiger partial charge in [0, 0.05) is 0 Å². The SMILES string of the molecule is Cc1nn(Cc2ccccc2)cc1[N+](=O)[O-]. The average molecular weight is 217 g/mol. The first-order chi connectivity index (χ1) is 7.66. The molecule has 0 N–H and O–H groups in total. The van der Waals surface area contributed by atoms with Crippen molar-refractivity contribution in [1.29, 1.82) is 0 Å². The van der Waals surface area contributed by atoms with Crippen molar-refractivity contribution in [2.45, 2.75) is 13.5 Å². The van der Waals surface area contributed by atoms with Crippen LogP contribution in [0.25, 0.3) is 0 Å². The molecule has 0 aliphatic rings. The first kappa shape index (κ1) is 10.4.